The van der Waals surface area contributed by atoms with Gasteiger partial charge in [-0.25, -0.2) is 0 Å². The van der Waals surface area contributed by atoms with Crippen LogP contribution >= 0.6 is 11.8 Å². The maximum Gasteiger partial charge on any atom is 0.0155 e. The number of nitrogens with one attached hydrogen (secondary N) is 1. The highest BCUT2D eigenvalue weighted by Crippen LogP contribution is 2.28. The van der Waals surface area contributed by atoms with E-state index in [-0.39, 0.29) is 0 Å². The lowest BCUT2D eigenvalue weighted by Gasteiger charge is -2.23. The Bertz CT molecular complexity index is 128. The first-order valence-corrected chi connectivity index (χ1v) is 7.20. The molecule has 1 atom stereocenters. The molecule has 1 unspecified atom stereocenters. The number of hydrogen-bond donors (Lipinski definition) is 1. The van der Waals surface area contributed by atoms with Crippen LogP contribution in [0.15, 0.2) is 0 Å². The Balaban J connectivity index is 2.10. The van der Waals surface area contributed by atoms with Crippen molar-refractivity contribution in [3.63, 3.8) is 0 Å². The third kappa shape index (κ3) is 4.70. The Kier molecular flexibility index (Phi) is 6.70. The van der Waals surface area contributed by atoms with Crippen LogP contribution in [0.25, 0.3) is 0 Å². The maximum absolute atomic E-state index is 3.42. The van der Waals surface area contributed by atoms with Gasteiger partial charge in [0.05, 0.1) is 0 Å². The Morgan fingerprint density at radius 1 is 1.29 bits per heavy atom. The van der Waals surface area contributed by atoms with Crippen LogP contribution in [0.4, 0.5) is 0 Å². The molecule has 0 heterocycles. The van der Waals surface area contributed by atoms with Crippen LogP contribution in [0.2, 0.25) is 0 Å². The topological polar surface area (TPSA) is 12.0 Å². The van der Waals surface area contributed by atoms with Gasteiger partial charge in [-0.05, 0) is 26.3 Å². The first kappa shape index (κ1) is 12.4. The smallest absolute Gasteiger partial charge is 0.0155 e. The normalized spacial score (nSPS) is 21.0. The molecule has 0 saturated heterocycles. The predicted octanol–water partition coefficient (Wildman–Crippen LogP) is 3.44. The van der Waals surface area contributed by atoms with Gasteiger partial charge in [0.15, 0.2) is 0 Å². The van der Waals surface area contributed by atoms with Gasteiger partial charge < -0.3 is 5.32 Å². The molecule has 0 aromatic heterocycles. The zero-order valence-corrected chi connectivity index (χ0v) is 10.5. The van der Waals surface area contributed by atoms with Gasteiger partial charge in [-0.1, -0.05) is 32.6 Å². The average Bonchev–Trinajstić information content (AvgIpc) is 2.25. The van der Waals surface area contributed by atoms with Crippen LogP contribution < -0.4 is 5.32 Å². The number of hydrogen-bond acceptors (Lipinski definition) is 2. The molecule has 0 radical (unpaired) electrons. The number of thioether (sulfide) groups is 1. The van der Waals surface area contributed by atoms with E-state index < -0.39 is 0 Å². The molecule has 1 aliphatic rings. The molecule has 1 aliphatic carbocycles. The standard InChI is InChI=1S/C12H25NS/c1-3-7-11(13-2)10-14-12-8-5-4-6-9-12/h11-13H,3-10H2,1-2H3. The molecular formula is C12H25NS. The molecule has 0 spiro atoms. The highest BCUT2D eigenvalue weighted by molar-refractivity contribution is 7.99. The molecule has 14 heavy (non-hydrogen) atoms. The second-order valence-corrected chi connectivity index (χ2v) is 5.70. The molecule has 1 N–H and O–H groups in total. The van der Waals surface area contributed by atoms with E-state index in [0.717, 1.165) is 11.3 Å². The largest absolute Gasteiger partial charge is 0.316 e. The predicted molar refractivity (Wildman–Crippen MR) is 67.1 cm³/mol. The Hall–Kier alpha value is 0.310. The first-order valence-electron chi connectivity index (χ1n) is 6.15. The monoisotopic (exact) mass is 215 g/mol. The van der Waals surface area contributed by atoms with Gasteiger partial charge in [0, 0.05) is 17.0 Å². The van der Waals surface area contributed by atoms with Gasteiger partial charge >= 0.3 is 0 Å². The van der Waals surface area contributed by atoms with Crippen LogP contribution in [-0.2, 0) is 0 Å². The van der Waals surface area contributed by atoms with E-state index in [1.165, 1.54) is 50.7 Å². The Morgan fingerprint density at radius 2 is 2.00 bits per heavy atom. The highest BCUT2D eigenvalue weighted by Gasteiger charge is 2.15. The van der Waals surface area contributed by atoms with Gasteiger partial charge in [0.25, 0.3) is 0 Å². The fourth-order valence-electron chi connectivity index (χ4n) is 2.14. The fourth-order valence-corrected chi connectivity index (χ4v) is 3.65. The minimum absolute atomic E-state index is 0.743. The molecule has 1 nitrogen and oxygen atoms in total. The lowest BCUT2D eigenvalue weighted by molar-refractivity contribution is 0.512. The van der Waals surface area contributed by atoms with Crippen molar-refractivity contribution in [2.45, 2.75) is 63.2 Å². The molecule has 1 fully saturated rings. The summed E-state index contributed by atoms with van der Waals surface area (Å²) in [6.45, 7) is 2.27. The van der Waals surface area contributed by atoms with Crippen molar-refractivity contribution in [1.29, 1.82) is 0 Å². The molecule has 0 aromatic rings. The Labute approximate surface area is 93.4 Å². The van der Waals surface area contributed by atoms with Crippen LogP contribution in [0.1, 0.15) is 51.9 Å². The van der Waals surface area contributed by atoms with E-state index in [2.05, 4.69) is 31.1 Å². The quantitative estimate of drug-likeness (QED) is 0.728. The summed E-state index contributed by atoms with van der Waals surface area (Å²) in [4.78, 5) is 0. The van der Waals surface area contributed by atoms with Gasteiger partial charge in [-0.15, -0.1) is 0 Å². The summed E-state index contributed by atoms with van der Waals surface area (Å²) in [5.74, 6) is 1.31. The molecule has 84 valence electrons. The van der Waals surface area contributed by atoms with Crippen LogP contribution in [0.3, 0.4) is 0 Å². The summed E-state index contributed by atoms with van der Waals surface area (Å²) in [5, 5.41) is 4.39. The zero-order chi connectivity index (χ0) is 10.2. The lowest BCUT2D eigenvalue weighted by atomic mass is 10.0. The summed E-state index contributed by atoms with van der Waals surface area (Å²) in [7, 11) is 2.10. The molecule has 1 saturated carbocycles. The highest BCUT2D eigenvalue weighted by atomic mass is 32.2. The second-order valence-electron chi connectivity index (χ2n) is 4.37. The SMILES string of the molecule is CCCC(CSC1CCCCC1)NC. The van der Waals surface area contributed by atoms with E-state index in [0.29, 0.717) is 0 Å². The van der Waals surface area contributed by atoms with E-state index in [1.54, 1.807) is 0 Å². The van der Waals surface area contributed by atoms with Gasteiger partial charge in [0.2, 0.25) is 0 Å². The van der Waals surface area contributed by atoms with Crippen molar-refractivity contribution in [3.05, 3.63) is 0 Å². The molecule has 0 aromatic carbocycles. The van der Waals surface area contributed by atoms with Gasteiger partial charge in [-0.2, -0.15) is 11.8 Å². The van der Waals surface area contributed by atoms with Crippen LogP contribution in [0, 0.1) is 0 Å². The molecule has 2 heteroatoms. The Morgan fingerprint density at radius 3 is 2.57 bits per heavy atom. The average molecular weight is 215 g/mol. The van der Waals surface area contributed by atoms with Crippen molar-refractivity contribution in [1.82, 2.24) is 5.32 Å². The minimum Gasteiger partial charge on any atom is -0.316 e. The third-order valence-corrected chi connectivity index (χ3v) is 4.67. The van der Waals surface area contributed by atoms with E-state index in [1.807, 2.05) is 0 Å². The molecule has 0 bridgehead atoms. The van der Waals surface area contributed by atoms with Crippen molar-refractivity contribution in [3.8, 4) is 0 Å². The van der Waals surface area contributed by atoms with Crippen molar-refractivity contribution >= 4 is 11.8 Å². The summed E-state index contributed by atoms with van der Waals surface area (Å²) in [6, 6.07) is 0.743. The van der Waals surface area contributed by atoms with Crippen LogP contribution in [0.5, 0.6) is 0 Å². The van der Waals surface area contributed by atoms with Crippen molar-refractivity contribution < 1.29 is 0 Å². The summed E-state index contributed by atoms with van der Waals surface area (Å²) in [5.41, 5.74) is 0. The zero-order valence-electron chi connectivity index (χ0n) is 9.72. The van der Waals surface area contributed by atoms with Crippen molar-refractivity contribution in [2.75, 3.05) is 12.8 Å². The second kappa shape index (κ2) is 7.58. The molecular weight excluding hydrogens is 190 g/mol. The molecule has 0 amide bonds. The molecule has 0 aliphatic heterocycles. The van der Waals surface area contributed by atoms with Gasteiger partial charge in [0.1, 0.15) is 0 Å². The maximum atomic E-state index is 3.42. The molecule has 1 rings (SSSR count). The van der Waals surface area contributed by atoms with E-state index in [4.69, 9.17) is 0 Å². The summed E-state index contributed by atoms with van der Waals surface area (Å²) in [6.07, 6.45) is 9.97. The third-order valence-electron chi connectivity index (χ3n) is 3.13. The minimum atomic E-state index is 0.743. The van der Waals surface area contributed by atoms with Crippen LogP contribution in [-0.4, -0.2) is 24.1 Å². The lowest BCUT2D eigenvalue weighted by Crippen LogP contribution is -2.28. The van der Waals surface area contributed by atoms with E-state index >= 15 is 0 Å². The summed E-state index contributed by atoms with van der Waals surface area (Å²) < 4.78 is 0. The first-order chi connectivity index (χ1) is 6.86. The number of rotatable bonds is 6. The van der Waals surface area contributed by atoms with Gasteiger partial charge in [-0.3, -0.25) is 0 Å². The fraction of sp³-hybridized carbons (Fsp3) is 1.00. The van der Waals surface area contributed by atoms with E-state index in [9.17, 15) is 0 Å². The summed E-state index contributed by atoms with van der Waals surface area (Å²) >= 11 is 2.21. The van der Waals surface area contributed by atoms with Crippen molar-refractivity contribution in [2.24, 2.45) is 0 Å².